The number of anilines is 2. The first kappa shape index (κ1) is 34.5. The Hall–Kier alpha value is -5.42. The first-order chi connectivity index (χ1) is 22.8. The Kier molecular flexibility index (Phi) is 12.3. The Labute approximate surface area is 278 Å². The lowest BCUT2D eigenvalue weighted by Crippen LogP contribution is -2.30. The molecule has 10 nitrogen and oxygen atoms in total. The van der Waals surface area contributed by atoms with E-state index in [9.17, 15) is 14.4 Å². The van der Waals surface area contributed by atoms with E-state index in [4.69, 9.17) is 18.9 Å². The molecule has 0 aromatic heterocycles. The smallest absolute Gasteiger partial charge is 0.272 e. The summed E-state index contributed by atoms with van der Waals surface area (Å²) in [4.78, 5) is 40.6. The van der Waals surface area contributed by atoms with Gasteiger partial charge in [-0.3, -0.25) is 14.4 Å². The molecule has 1 unspecified atom stereocenters. The van der Waals surface area contributed by atoms with E-state index in [1.165, 1.54) is 39.2 Å². The Balaban J connectivity index is 1.56. The zero-order valence-corrected chi connectivity index (χ0v) is 27.6. The number of amides is 3. The molecule has 0 radical (unpaired) electrons. The molecule has 244 valence electrons. The van der Waals surface area contributed by atoms with Crippen molar-refractivity contribution in [1.82, 2.24) is 5.32 Å². The van der Waals surface area contributed by atoms with Gasteiger partial charge in [0.05, 0.1) is 38.9 Å². The molecule has 0 bridgehead atoms. The van der Waals surface area contributed by atoms with Gasteiger partial charge in [0.1, 0.15) is 11.4 Å². The van der Waals surface area contributed by atoms with Crippen LogP contribution in [0.4, 0.5) is 11.4 Å². The number of thioether (sulfide) groups is 1. The van der Waals surface area contributed by atoms with E-state index in [0.717, 1.165) is 4.90 Å². The molecule has 0 aliphatic rings. The number of rotatable bonds is 14. The maximum atomic E-state index is 13.7. The molecule has 11 heteroatoms. The zero-order valence-electron chi connectivity index (χ0n) is 26.8. The molecule has 4 aromatic rings. The minimum Gasteiger partial charge on any atom is -0.493 e. The summed E-state index contributed by atoms with van der Waals surface area (Å²) in [5, 5.41) is 8.06. The van der Waals surface area contributed by atoms with Crippen molar-refractivity contribution in [3.63, 3.8) is 0 Å². The van der Waals surface area contributed by atoms with Crippen molar-refractivity contribution in [2.75, 3.05) is 38.6 Å². The van der Waals surface area contributed by atoms with E-state index >= 15 is 0 Å². The van der Waals surface area contributed by atoms with Crippen molar-refractivity contribution in [3.8, 4) is 23.0 Å². The van der Waals surface area contributed by atoms with Gasteiger partial charge in [-0.25, -0.2) is 0 Å². The summed E-state index contributed by atoms with van der Waals surface area (Å²) in [6, 6.07) is 26.3. The van der Waals surface area contributed by atoms with Gasteiger partial charge in [0, 0.05) is 16.1 Å². The highest BCUT2D eigenvalue weighted by Gasteiger charge is 2.19. The number of nitrogens with one attached hydrogen (secondary N) is 3. The van der Waals surface area contributed by atoms with Crippen LogP contribution in [0.5, 0.6) is 23.0 Å². The molecule has 0 aliphatic carbocycles. The number of benzene rings is 4. The second kappa shape index (κ2) is 16.8. The molecule has 47 heavy (non-hydrogen) atoms. The highest BCUT2D eigenvalue weighted by Crippen LogP contribution is 2.38. The first-order valence-corrected chi connectivity index (χ1v) is 15.6. The normalized spacial score (nSPS) is 11.6. The lowest BCUT2D eigenvalue weighted by molar-refractivity contribution is -0.115. The molecule has 3 N–H and O–H groups in total. The quantitative estimate of drug-likeness (QED) is 0.102. The molecule has 0 heterocycles. The monoisotopic (exact) mass is 655 g/mol. The number of para-hydroxylation sites is 2. The minimum absolute atomic E-state index is 0.0214. The number of ether oxygens (including phenoxy) is 4. The predicted molar refractivity (Wildman–Crippen MR) is 185 cm³/mol. The van der Waals surface area contributed by atoms with E-state index in [1.54, 1.807) is 79.7 Å². The van der Waals surface area contributed by atoms with Crippen molar-refractivity contribution in [1.29, 1.82) is 0 Å². The Bertz CT molecular complexity index is 1720. The molecule has 0 saturated heterocycles. The van der Waals surface area contributed by atoms with Gasteiger partial charge >= 0.3 is 0 Å². The zero-order chi connectivity index (χ0) is 33.8. The van der Waals surface area contributed by atoms with Crippen LogP contribution in [0.3, 0.4) is 0 Å². The van der Waals surface area contributed by atoms with Crippen LogP contribution in [0.25, 0.3) is 6.08 Å². The second-order valence-corrected chi connectivity index (χ2v) is 11.4. The highest BCUT2D eigenvalue weighted by atomic mass is 32.2. The maximum Gasteiger partial charge on any atom is 0.272 e. The van der Waals surface area contributed by atoms with Crippen LogP contribution in [-0.2, 0) is 9.59 Å². The Morgan fingerprint density at radius 1 is 0.787 bits per heavy atom. The molecule has 0 saturated carbocycles. The summed E-state index contributed by atoms with van der Waals surface area (Å²) >= 11 is 1.33. The van der Waals surface area contributed by atoms with E-state index in [1.807, 2.05) is 25.1 Å². The van der Waals surface area contributed by atoms with Crippen LogP contribution >= 0.6 is 11.8 Å². The molecule has 0 fully saturated rings. The van der Waals surface area contributed by atoms with Crippen molar-refractivity contribution in [2.24, 2.45) is 0 Å². The molecular weight excluding hydrogens is 618 g/mol. The Morgan fingerprint density at radius 2 is 1.47 bits per heavy atom. The van der Waals surface area contributed by atoms with Crippen LogP contribution in [0.1, 0.15) is 29.8 Å². The van der Waals surface area contributed by atoms with Gasteiger partial charge < -0.3 is 34.9 Å². The van der Waals surface area contributed by atoms with E-state index in [2.05, 4.69) is 16.0 Å². The third-order valence-electron chi connectivity index (χ3n) is 6.75. The lowest BCUT2D eigenvalue weighted by Gasteiger charge is -2.16. The predicted octanol–water partition coefficient (Wildman–Crippen LogP) is 6.64. The summed E-state index contributed by atoms with van der Waals surface area (Å²) in [7, 11) is 4.48. The summed E-state index contributed by atoms with van der Waals surface area (Å²) in [6.45, 7) is 4.16. The van der Waals surface area contributed by atoms with Gasteiger partial charge in [0.25, 0.3) is 11.8 Å². The van der Waals surface area contributed by atoms with Crippen LogP contribution in [0.2, 0.25) is 0 Å². The van der Waals surface area contributed by atoms with Crippen molar-refractivity contribution in [3.05, 3.63) is 108 Å². The third-order valence-corrected chi connectivity index (χ3v) is 7.84. The van der Waals surface area contributed by atoms with Gasteiger partial charge in [-0.1, -0.05) is 36.4 Å². The van der Waals surface area contributed by atoms with Crippen LogP contribution in [-0.4, -0.2) is 50.9 Å². The SMILES string of the molecule is CCOc1ccccc1NC(=O)C(C)Sc1cccc(NC(=O)/C(=C\c2cc(OC)c(OC)c(OC)c2)NC(=O)c2ccccc2)c1. The van der Waals surface area contributed by atoms with Gasteiger partial charge in [0.15, 0.2) is 11.5 Å². The fourth-order valence-electron chi connectivity index (χ4n) is 4.48. The fraction of sp³-hybridized carbons (Fsp3) is 0.194. The van der Waals surface area contributed by atoms with E-state index < -0.39 is 17.1 Å². The van der Waals surface area contributed by atoms with Crippen LogP contribution in [0, 0.1) is 0 Å². The highest BCUT2D eigenvalue weighted by molar-refractivity contribution is 8.00. The van der Waals surface area contributed by atoms with Gasteiger partial charge in [-0.2, -0.15) is 0 Å². The molecule has 0 spiro atoms. The Morgan fingerprint density at radius 3 is 2.13 bits per heavy atom. The molecule has 3 amide bonds. The summed E-state index contributed by atoms with van der Waals surface area (Å²) in [6.07, 6.45) is 1.52. The van der Waals surface area contributed by atoms with Gasteiger partial charge in [0.2, 0.25) is 11.7 Å². The van der Waals surface area contributed by atoms with E-state index in [-0.39, 0.29) is 11.6 Å². The van der Waals surface area contributed by atoms with Crippen molar-refractivity contribution in [2.45, 2.75) is 24.0 Å². The van der Waals surface area contributed by atoms with Gasteiger partial charge in [-0.15, -0.1) is 11.8 Å². The van der Waals surface area contributed by atoms with Gasteiger partial charge in [-0.05, 0) is 80.1 Å². The van der Waals surface area contributed by atoms with Crippen LogP contribution in [0.15, 0.2) is 102 Å². The number of carbonyl (C=O) groups is 3. The minimum atomic E-state index is -0.566. The molecule has 4 rings (SSSR count). The first-order valence-electron chi connectivity index (χ1n) is 14.7. The van der Waals surface area contributed by atoms with E-state index in [0.29, 0.717) is 52.1 Å². The number of hydrogen-bond donors (Lipinski definition) is 3. The van der Waals surface area contributed by atoms with Crippen molar-refractivity contribution < 1.29 is 33.3 Å². The number of methoxy groups -OCH3 is 3. The topological polar surface area (TPSA) is 124 Å². The fourth-order valence-corrected chi connectivity index (χ4v) is 5.41. The summed E-state index contributed by atoms with van der Waals surface area (Å²) in [5.41, 5.74) is 1.95. The maximum absolute atomic E-state index is 13.7. The lowest BCUT2D eigenvalue weighted by atomic mass is 10.1. The molecule has 0 aliphatic heterocycles. The van der Waals surface area contributed by atoms with Crippen molar-refractivity contribution >= 4 is 46.9 Å². The standard InChI is InChI=1S/C36H37N3O7S/c1-6-46-30-18-11-10-17-28(30)38-34(40)23(2)47-27-16-12-15-26(22-27)37-36(42)29(39-35(41)25-13-8-7-9-14-25)19-24-20-31(43-3)33(45-5)32(21-24)44-4/h7-23H,6H2,1-5H3,(H,37,42)(H,38,40)(H,39,41)/b29-19+. The largest absolute Gasteiger partial charge is 0.493 e. The van der Waals surface area contributed by atoms with Crippen LogP contribution < -0.4 is 34.9 Å². The average molecular weight is 656 g/mol. The summed E-state index contributed by atoms with van der Waals surface area (Å²) < 4.78 is 21.9. The summed E-state index contributed by atoms with van der Waals surface area (Å²) in [5.74, 6) is 0.531. The third kappa shape index (κ3) is 9.30. The average Bonchev–Trinajstić information content (AvgIpc) is 3.08. The molecule has 4 aromatic carbocycles. The molecule has 1 atom stereocenters. The number of carbonyl (C=O) groups excluding carboxylic acids is 3. The second-order valence-electron chi connectivity index (χ2n) is 10.00. The molecular formula is C36H37N3O7S. The number of hydrogen-bond acceptors (Lipinski definition) is 8.